The van der Waals surface area contributed by atoms with Crippen LogP contribution in [0.3, 0.4) is 0 Å². The van der Waals surface area contributed by atoms with Gasteiger partial charge in [0.25, 0.3) is 0 Å². The number of rotatable bonds is 2. The molecule has 0 atom stereocenters. The summed E-state index contributed by atoms with van der Waals surface area (Å²) in [5, 5.41) is 7.13. The molecule has 0 amide bonds. The second kappa shape index (κ2) is 7.50. The van der Waals surface area contributed by atoms with Crippen LogP contribution in [0.15, 0.2) is 121 Å². The maximum atomic E-state index is 5.10. The second-order valence-corrected chi connectivity index (χ2v) is 8.63. The zero-order valence-electron chi connectivity index (χ0n) is 18.4. The molecule has 0 aliphatic heterocycles. The molecule has 5 aromatic carbocycles. The summed E-state index contributed by atoms with van der Waals surface area (Å²) in [6, 6.07) is 42.5. The lowest BCUT2D eigenvalue weighted by Crippen LogP contribution is -1.92. The quantitative estimate of drug-likeness (QED) is 0.256. The number of nitrogens with zero attached hydrogens (tertiary/aromatic N) is 2. The summed E-state index contributed by atoms with van der Waals surface area (Å²) < 4.78 is 0. The molecule has 7 rings (SSSR count). The maximum absolute atomic E-state index is 5.10. The summed E-state index contributed by atoms with van der Waals surface area (Å²) in [6.07, 6.45) is 0. The number of fused-ring (bicyclic) bond motifs is 6. The van der Waals surface area contributed by atoms with Gasteiger partial charge in [0.05, 0.1) is 22.4 Å². The minimum absolute atomic E-state index is 1.00. The van der Waals surface area contributed by atoms with E-state index in [1.807, 2.05) is 0 Å². The number of benzene rings is 5. The smallest absolute Gasteiger partial charge is 0.0788 e. The van der Waals surface area contributed by atoms with Crippen LogP contribution in [-0.4, -0.2) is 9.97 Å². The van der Waals surface area contributed by atoms with Gasteiger partial charge in [0.2, 0.25) is 0 Å². The molecule has 0 saturated carbocycles. The van der Waals surface area contributed by atoms with E-state index in [9.17, 15) is 0 Å². The van der Waals surface area contributed by atoms with Gasteiger partial charge in [-0.1, -0.05) is 103 Å². The summed E-state index contributed by atoms with van der Waals surface area (Å²) in [6.45, 7) is 0. The number of para-hydroxylation sites is 2. The van der Waals surface area contributed by atoms with Gasteiger partial charge in [-0.3, -0.25) is 0 Å². The van der Waals surface area contributed by atoms with E-state index in [1.54, 1.807) is 0 Å². The third kappa shape index (κ3) is 2.89. The third-order valence-electron chi connectivity index (χ3n) is 6.63. The van der Waals surface area contributed by atoms with Crippen molar-refractivity contribution in [3.8, 4) is 22.5 Å². The summed E-state index contributed by atoms with van der Waals surface area (Å²) in [5.74, 6) is 0. The molecule has 0 bridgehead atoms. The summed E-state index contributed by atoms with van der Waals surface area (Å²) in [5.41, 5.74) is 6.21. The second-order valence-electron chi connectivity index (χ2n) is 8.63. The molecule has 0 saturated heterocycles. The van der Waals surface area contributed by atoms with Gasteiger partial charge in [0, 0.05) is 32.7 Å². The van der Waals surface area contributed by atoms with Gasteiger partial charge in [-0.05, 0) is 29.0 Å². The van der Waals surface area contributed by atoms with Crippen molar-refractivity contribution in [2.45, 2.75) is 0 Å². The fourth-order valence-electron chi connectivity index (χ4n) is 5.06. The van der Waals surface area contributed by atoms with Gasteiger partial charge in [0.15, 0.2) is 0 Å². The topological polar surface area (TPSA) is 25.8 Å². The van der Waals surface area contributed by atoms with Crippen molar-refractivity contribution >= 4 is 43.4 Å². The van der Waals surface area contributed by atoms with Crippen molar-refractivity contribution < 1.29 is 0 Å². The average Bonchev–Trinajstić information content (AvgIpc) is 2.92. The van der Waals surface area contributed by atoms with E-state index < -0.39 is 0 Å². The molecule has 0 fully saturated rings. The molecule has 0 aliphatic carbocycles. The van der Waals surface area contributed by atoms with E-state index in [0.717, 1.165) is 44.3 Å². The van der Waals surface area contributed by atoms with Gasteiger partial charge in [-0.25, -0.2) is 9.97 Å². The summed E-state index contributed by atoms with van der Waals surface area (Å²) in [4.78, 5) is 10.2. The Labute approximate surface area is 197 Å². The lowest BCUT2D eigenvalue weighted by Gasteiger charge is -2.13. The van der Waals surface area contributed by atoms with Gasteiger partial charge >= 0.3 is 0 Å². The minimum Gasteiger partial charge on any atom is -0.247 e. The van der Waals surface area contributed by atoms with Crippen molar-refractivity contribution in [1.82, 2.24) is 9.97 Å². The van der Waals surface area contributed by atoms with Gasteiger partial charge in [-0.15, -0.1) is 0 Å². The Kier molecular flexibility index (Phi) is 4.18. The first kappa shape index (κ1) is 19.0. The normalized spacial score (nSPS) is 11.5. The highest BCUT2D eigenvalue weighted by Crippen LogP contribution is 2.36. The molecule has 0 aliphatic rings. The molecule has 0 radical (unpaired) electrons. The van der Waals surface area contributed by atoms with E-state index in [1.165, 1.54) is 21.5 Å². The third-order valence-corrected chi connectivity index (χ3v) is 6.63. The van der Waals surface area contributed by atoms with Crippen LogP contribution >= 0.6 is 0 Å². The molecular weight excluding hydrogens is 412 g/mol. The lowest BCUT2D eigenvalue weighted by atomic mass is 9.96. The summed E-state index contributed by atoms with van der Waals surface area (Å²) >= 11 is 0. The van der Waals surface area contributed by atoms with Crippen LogP contribution in [-0.2, 0) is 0 Å². The molecule has 0 N–H and O–H groups in total. The highest BCUT2D eigenvalue weighted by Gasteiger charge is 2.13. The molecule has 2 heterocycles. The number of hydrogen-bond acceptors (Lipinski definition) is 2. The van der Waals surface area contributed by atoms with Crippen LogP contribution < -0.4 is 0 Å². The Morgan fingerprint density at radius 1 is 0.324 bits per heavy atom. The van der Waals surface area contributed by atoms with E-state index in [-0.39, 0.29) is 0 Å². The Balaban J connectivity index is 1.51. The van der Waals surface area contributed by atoms with Crippen molar-refractivity contribution in [3.05, 3.63) is 121 Å². The molecule has 0 spiro atoms. The van der Waals surface area contributed by atoms with Gasteiger partial charge in [-0.2, -0.15) is 0 Å². The van der Waals surface area contributed by atoms with Crippen molar-refractivity contribution in [3.63, 3.8) is 0 Å². The highest BCUT2D eigenvalue weighted by atomic mass is 14.7. The van der Waals surface area contributed by atoms with Crippen LogP contribution in [0.1, 0.15) is 0 Å². The highest BCUT2D eigenvalue weighted by molar-refractivity contribution is 6.12. The van der Waals surface area contributed by atoms with Crippen LogP contribution in [0.4, 0.5) is 0 Å². The monoisotopic (exact) mass is 432 g/mol. The molecule has 34 heavy (non-hydrogen) atoms. The summed E-state index contributed by atoms with van der Waals surface area (Å²) in [7, 11) is 0. The van der Waals surface area contributed by atoms with Crippen LogP contribution in [0.5, 0.6) is 0 Å². The van der Waals surface area contributed by atoms with Crippen LogP contribution in [0.25, 0.3) is 65.9 Å². The molecule has 0 unspecified atom stereocenters. The molecule has 2 heteroatoms. The first-order chi connectivity index (χ1) is 16.9. The van der Waals surface area contributed by atoms with Crippen LogP contribution in [0, 0.1) is 0 Å². The lowest BCUT2D eigenvalue weighted by molar-refractivity contribution is 1.40. The van der Waals surface area contributed by atoms with Crippen molar-refractivity contribution in [1.29, 1.82) is 0 Å². The Morgan fingerprint density at radius 3 is 1.18 bits per heavy atom. The van der Waals surface area contributed by atoms with Gasteiger partial charge < -0.3 is 0 Å². The fraction of sp³-hybridized carbons (Fsp3) is 0. The first-order valence-electron chi connectivity index (χ1n) is 11.5. The molecule has 2 nitrogen and oxygen atoms in total. The standard InChI is InChI=1S/C32H20N2/c1-3-16-27-23(12-1)25-14-5-7-18-29(25)33-31(27)21-10-9-11-22(20-21)32-28-17-4-2-13-24(28)26-15-6-8-19-30(26)34-32/h1-20H. The first-order valence-corrected chi connectivity index (χ1v) is 11.5. The van der Waals surface area contributed by atoms with E-state index in [0.29, 0.717) is 0 Å². The molecule has 2 aromatic heterocycles. The Hall–Kier alpha value is -4.56. The zero-order chi connectivity index (χ0) is 22.5. The predicted molar refractivity (Wildman–Crippen MR) is 143 cm³/mol. The number of hydrogen-bond donors (Lipinski definition) is 0. The Morgan fingerprint density at radius 2 is 0.706 bits per heavy atom. The van der Waals surface area contributed by atoms with Crippen LogP contribution in [0.2, 0.25) is 0 Å². The Bertz CT molecular complexity index is 1730. The maximum Gasteiger partial charge on any atom is 0.0788 e. The number of aromatic nitrogens is 2. The largest absolute Gasteiger partial charge is 0.247 e. The van der Waals surface area contributed by atoms with Gasteiger partial charge in [0.1, 0.15) is 0 Å². The molecule has 7 aromatic rings. The predicted octanol–water partition coefficient (Wildman–Crippen LogP) is 8.42. The molecule has 158 valence electrons. The van der Waals surface area contributed by atoms with E-state index in [4.69, 9.17) is 9.97 Å². The van der Waals surface area contributed by atoms with Crippen molar-refractivity contribution in [2.75, 3.05) is 0 Å². The van der Waals surface area contributed by atoms with Crippen molar-refractivity contribution in [2.24, 2.45) is 0 Å². The van der Waals surface area contributed by atoms with E-state index in [2.05, 4.69) is 121 Å². The SMILES string of the molecule is c1cc(-c2nc3ccccc3c3ccccc23)cc(-c2nc3ccccc3c3ccccc23)c1. The number of pyridine rings is 2. The average molecular weight is 433 g/mol. The minimum atomic E-state index is 1.00. The molecular formula is C32H20N2. The fourth-order valence-corrected chi connectivity index (χ4v) is 5.06. The van der Waals surface area contributed by atoms with E-state index >= 15 is 0 Å². The zero-order valence-corrected chi connectivity index (χ0v) is 18.4.